The molecule has 2 aromatic carbocycles. The topological polar surface area (TPSA) is 109 Å². The van der Waals surface area contributed by atoms with Crippen LogP contribution in [0.15, 0.2) is 33.0 Å². The predicted molar refractivity (Wildman–Crippen MR) is 117 cm³/mol. The van der Waals surface area contributed by atoms with E-state index in [1.807, 2.05) is 19.9 Å². The van der Waals surface area contributed by atoms with E-state index >= 15 is 0 Å². The first-order chi connectivity index (χ1) is 14.5. The number of aromatic hydroxyl groups is 2. The van der Waals surface area contributed by atoms with E-state index in [2.05, 4.69) is 0 Å². The number of rotatable bonds is 3. The fourth-order valence-corrected chi connectivity index (χ4v) is 4.02. The molecule has 4 rings (SSSR count). The molecule has 1 aromatic heterocycles. The zero-order valence-corrected chi connectivity index (χ0v) is 18.2. The molecule has 0 unspecified atom stereocenters. The Balaban J connectivity index is 2.15. The van der Waals surface area contributed by atoms with Crippen LogP contribution in [0.4, 0.5) is 0 Å². The van der Waals surface area contributed by atoms with Crippen molar-refractivity contribution in [1.82, 2.24) is 0 Å². The molecule has 7 nitrogen and oxygen atoms in total. The van der Waals surface area contributed by atoms with Crippen LogP contribution in [0.3, 0.4) is 0 Å². The highest BCUT2D eigenvalue weighted by Crippen LogP contribution is 2.44. The number of aliphatic hydroxyl groups excluding tert-OH is 1. The summed E-state index contributed by atoms with van der Waals surface area (Å²) < 4.78 is 17.4. The highest BCUT2D eigenvalue weighted by atomic mass is 16.5. The van der Waals surface area contributed by atoms with Crippen molar-refractivity contribution in [3.8, 4) is 23.0 Å². The van der Waals surface area contributed by atoms with E-state index in [0.29, 0.717) is 17.5 Å². The van der Waals surface area contributed by atoms with Crippen molar-refractivity contribution in [3.63, 3.8) is 0 Å². The van der Waals surface area contributed by atoms with E-state index in [1.54, 1.807) is 13.8 Å². The summed E-state index contributed by atoms with van der Waals surface area (Å²) in [4.78, 5) is 13.8. The number of phenols is 2. The van der Waals surface area contributed by atoms with Gasteiger partial charge in [0, 0.05) is 29.7 Å². The third-order valence-corrected chi connectivity index (χ3v) is 5.80. The second-order valence-corrected chi connectivity index (χ2v) is 8.70. The number of aliphatic hydroxyl groups is 1. The van der Waals surface area contributed by atoms with Crippen LogP contribution in [0.1, 0.15) is 38.8 Å². The van der Waals surface area contributed by atoms with Gasteiger partial charge in [0.05, 0.1) is 18.6 Å². The molecule has 3 N–H and O–H groups in total. The Morgan fingerprint density at radius 1 is 1.19 bits per heavy atom. The number of hydrogen-bond donors (Lipinski definition) is 3. The summed E-state index contributed by atoms with van der Waals surface area (Å²) in [6.45, 7) is 7.33. The Hall–Kier alpha value is -3.19. The van der Waals surface area contributed by atoms with E-state index in [0.717, 1.165) is 5.57 Å². The van der Waals surface area contributed by atoms with E-state index in [-0.39, 0.29) is 56.8 Å². The highest BCUT2D eigenvalue weighted by molar-refractivity contribution is 5.98. The maximum absolute atomic E-state index is 13.8. The summed E-state index contributed by atoms with van der Waals surface area (Å²) in [5.74, 6) is 0.154. The molecule has 0 aliphatic carbocycles. The average Bonchev–Trinajstić information content (AvgIpc) is 2.67. The molecule has 0 bridgehead atoms. The van der Waals surface area contributed by atoms with Gasteiger partial charge in [0.1, 0.15) is 33.7 Å². The van der Waals surface area contributed by atoms with Crippen LogP contribution >= 0.6 is 0 Å². The summed E-state index contributed by atoms with van der Waals surface area (Å²) in [5, 5.41) is 31.8. The van der Waals surface area contributed by atoms with Crippen LogP contribution < -0.4 is 14.9 Å². The summed E-state index contributed by atoms with van der Waals surface area (Å²) in [6, 6.07) is 2.69. The van der Waals surface area contributed by atoms with Crippen LogP contribution in [0.25, 0.3) is 21.9 Å². The van der Waals surface area contributed by atoms with Gasteiger partial charge in [-0.2, -0.15) is 0 Å². The molecule has 0 saturated heterocycles. The molecular formula is C24H26O7. The van der Waals surface area contributed by atoms with Gasteiger partial charge in [-0.05, 0) is 34.1 Å². The molecular weight excluding hydrogens is 400 g/mol. The van der Waals surface area contributed by atoms with Crippen LogP contribution in [0.2, 0.25) is 0 Å². The van der Waals surface area contributed by atoms with Gasteiger partial charge in [0.25, 0.3) is 0 Å². The SMILES string of the molecule is COc1c(O)cc2oc3cc(O)c4c(c3c(=O)c2c1CC=C(C)C)OC(C)(C)[C@H](O)C4. The van der Waals surface area contributed by atoms with Gasteiger partial charge in [0.2, 0.25) is 5.43 Å². The molecule has 1 atom stereocenters. The van der Waals surface area contributed by atoms with Crippen molar-refractivity contribution in [3.05, 3.63) is 45.1 Å². The Morgan fingerprint density at radius 2 is 1.84 bits per heavy atom. The quantitative estimate of drug-likeness (QED) is 0.430. The second-order valence-electron chi connectivity index (χ2n) is 8.70. The number of phenolic OH excluding ortho intramolecular Hbond substituents is 2. The van der Waals surface area contributed by atoms with Crippen LogP contribution in [-0.2, 0) is 12.8 Å². The largest absolute Gasteiger partial charge is 0.507 e. The maximum Gasteiger partial charge on any atom is 0.204 e. The molecule has 1 aliphatic rings. The summed E-state index contributed by atoms with van der Waals surface area (Å²) in [5.41, 5.74) is 0.933. The molecule has 31 heavy (non-hydrogen) atoms. The van der Waals surface area contributed by atoms with Crippen molar-refractivity contribution >= 4 is 21.9 Å². The number of fused-ring (bicyclic) bond motifs is 4. The van der Waals surface area contributed by atoms with Gasteiger partial charge < -0.3 is 29.2 Å². The molecule has 0 saturated carbocycles. The Bertz CT molecular complexity index is 1290. The van der Waals surface area contributed by atoms with Crippen LogP contribution in [0.5, 0.6) is 23.0 Å². The summed E-state index contributed by atoms with van der Waals surface area (Å²) in [6.07, 6.45) is 1.59. The molecule has 164 valence electrons. The molecule has 0 radical (unpaired) electrons. The zero-order chi connectivity index (χ0) is 22.7. The number of hydrogen-bond acceptors (Lipinski definition) is 7. The third-order valence-electron chi connectivity index (χ3n) is 5.80. The van der Waals surface area contributed by atoms with Gasteiger partial charge in [0.15, 0.2) is 11.5 Å². The molecule has 1 aliphatic heterocycles. The van der Waals surface area contributed by atoms with Crippen LogP contribution in [-0.4, -0.2) is 34.1 Å². The summed E-state index contributed by atoms with van der Waals surface area (Å²) >= 11 is 0. The van der Waals surface area contributed by atoms with E-state index < -0.39 is 11.7 Å². The number of methoxy groups -OCH3 is 1. The standard InChI is InChI=1S/C24H26O7/c1-11(2)6-7-12-19-16(10-15(26)22(12)29-5)30-17-9-14(25)13-8-18(27)24(3,4)31-23(13)20(17)21(19)28/h6,9-10,18,25-27H,7-8H2,1-5H3/t18-/m1/s1. The molecule has 0 spiro atoms. The van der Waals surface area contributed by atoms with Gasteiger partial charge in [-0.3, -0.25) is 4.79 Å². The lowest BCUT2D eigenvalue weighted by Crippen LogP contribution is -2.46. The van der Waals surface area contributed by atoms with E-state index in [1.165, 1.54) is 19.2 Å². The minimum Gasteiger partial charge on any atom is -0.507 e. The van der Waals surface area contributed by atoms with Crippen LogP contribution in [0, 0.1) is 0 Å². The first-order valence-electron chi connectivity index (χ1n) is 10.1. The Morgan fingerprint density at radius 3 is 2.48 bits per heavy atom. The normalized spacial score (nSPS) is 17.3. The molecule has 0 fully saturated rings. The Labute approximate surface area is 179 Å². The van der Waals surface area contributed by atoms with Gasteiger partial charge in [-0.1, -0.05) is 11.6 Å². The molecule has 7 heteroatoms. The monoisotopic (exact) mass is 426 g/mol. The smallest absolute Gasteiger partial charge is 0.204 e. The highest BCUT2D eigenvalue weighted by Gasteiger charge is 2.39. The van der Waals surface area contributed by atoms with Crippen molar-refractivity contribution < 1.29 is 29.2 Å². The lowest BCUT2D eigenvalue weighted by Gasteiger charge is -2.37. The predicted octanol–water partition coefficient (Wildman–Crippen LogP) is 3.95. The summed E-state index contributed by atoms with van der Waals surface area (Å²) in [7, 11) is 1.43. The van der Waals surface area contributed by atoms with Gasteiger partial charge in [-0.15, -0.1) is 0 Å². The first-order valence-corrected chi connectivity index (χ1v) is 10.1. The van der Waals surface area contributed by atoms with Gasteiger partial charge in [-0.25, -0.2) is 0 Å². The first kappa shape index (κ1) is 21.1. The lowest BCUT2D eigenvalue weighted by molar-refractivity contribution is -0.0406. The van der Waals surface area contributed by atoms with Crippen molar-refractivity contribution in [2.24, 2.45) is 0 Å². The third kappa shape index (κ3) is 3.29. The van der Waals surface area contributed by atoms with Crippen molar-refractivity contribution in [2.45, 2.75) is 52.2 Å². The fraction of sp³-hybridized carbons (Fsp3) is 0.375. The minimum absolute atomic E-state index is 0.123. The van der Waals surface area contributed by atoms with E-state index in [9.17, 15) is 20.1 Å². The van der Waals surface area contributed by atoms with E-state index in [4.69, 9.17) is 13.9 Å². The van der Waals surface area contributed by atoms with Crippen molar-refractivity contribution in [2.75, 3.05) is 7.11 Å². The minimum atomic E-state index is -0.952. The zero-order valence-electron chi connectivity index (χ0n) is 18.2. The van der Waals surface area contributed by atoms with Crippen molar-refractivity contribution in [1.29, 1.82) is 0 Å². The van der Waals surface area contributed by atoms with Gasteiger partial charge >= 0.3 is 0 Å². The molecule has 2 heterocycles. The Kier molecular flexibility index (Phi) is 4.89. The average molecular weight is 426 g/mol. The molecule has 3 aromatic rings. The second kappa shape index (κ2) is 7.20. The number of allylic oxidation sites excluding steroid dienone is 2. The number of benzene rings is 2. The number of ether oxygens (including phenoxy) is 2. The fourth-order valence-electron chi connectivity index (χ4n) is 4.02. The lowest BCUT2D eigenvalue weighted by atomic mass is 9.89. The maximum atomic E-state index is 13.8. The molecule has 0 amide bonds.